The third-order valence-electron chi connectivity index (χ3n) is 4.71. The van der Waals surface area contributed by atoms with Crippen LogP contribution < -0.4 is 15.5 Å². The van der Waals surface area contributed by atoms with Gasteiger partial charge in [0.15, 0.2) is 0 Å². The summed E-state index contributed by atoms with van der Waals surface area (Å²) in [6.07, 6.45) is 5.09. The standard InChI is InChI=1S/C20H28N6O/c1-3-4-9-21-20(27)18-14-23-19(15-22-18)24-16-5-7-17(8-6-16)26-12-10-25(2)11-13-26/h5-8,14-15H,3-4,9-13H2,1-2H3,(H,21,27)(H,23,24). The zero-order valence-corrected chi connectivity index (χ0v) is 16.1. The number of anilines is 3. The molecule has 0 bridgehead atoms. The van der Waals surface area contributed by atoms with Crippen LogP contribution in [0.1, 0.15) is 30.3 Å². The van der Waals surface area contributed by atoms with Crippen molar-refractivity contribution in [2.24, 2.45) is 0 Å². The molecule has 0 atom stereocenters. The number of benzene rings is 1. The molecule has 0 radical (unpaired) electrons. The number of hydrogen-bond donors (Lipinski definition) is 2. The van der Waals surface area contributed by atoms with Crippen molar-refractivity contribution in [3.05, 3.63) is 42.4 Å². The number of nitrogens with one attached hydrogen (secondary N) is 2. The number of rotatable bonds is 7. The summed E-state index contributed by atoms with van der Waals surface area (Å²) in [5.74, 6) is 0.437. The smallest absolute Gasteiger partial charge is 0.271 e. The maximum absolute atomic E-state index is 12.0. The largest absolute Gasteiger partial charge is 0.369 e. The van der Waals surface area contributed by atoms with Gasteiger partial charge in [-0.05, 0) is 37.7 Å². The van der Waals surface area contributed by atoms with Crippen molar-refractivity contribution < 1.29 is 4.79 Å². The Hall–Kier alpha value is -2.67. The topological polar surface area (TPSA) is 73.4 Å². The van der Waals surface area contributed by atoms with Gasteiger partial charge in [0, 0.05) is 44.1 Å². The summed E-state index contributed by atoms with van der Waals surface area (Å²) in [6, 6.07) is 8.33. The van der Waals surface area contributed by atoms with Gasteiger partial charge in [-0.1, -0.05) is 13.3 Å². The summed E-state index contributed by atoms with van der Waals surface area (Å²) in [5.41, 5.74) is 2.52. The van der Waals surface area contributed by atoms with Crippen molar-refractivity contribution in [2.45, 2.75) is 19.8 Å². The first-order chi connectivity index (χ1) is 13.2. The van der Waals surface area contributed by atoms with E-state index in [0.29, 0.717) is 18.1 Å². The minimum absolute atomic E-state index is 0.181. The van der Waals surface area contributed by atoms with Crippen LogP contribution in [0.3, 0.4) is 0 Å². The molecule has 1 aromatic carbocycles. The van der Waals surface area contributed by atoms with Gasteiger partial charge >= 0.3 is 0 Å². The number of amides is 1. The highest BCUT2D eigenvalue weighted by Crippen LogP contribution is 2.21. The maximum atomic E-state index is 12.0. The van der Waals surface area contributed by atoms with Gasteiger partial charge in [0.1, 0.15) is 11.5 Å². The summed E-state index contributed by atoms with van der Waals surface area (Å²) in [6.45, 7) is 7.04. The molecule has 1 amide bonds. The molecule has 0 spiro atoms. The van der Waals surface area contributed by atoms with E-state index in [2.05, 4.69) is 56.5 Å². The van der Waals surface area contributed by atoms with Crippen LogP contribution >= 0.6 is 0 Å². The van der Waals surface area contributed by atoms with Crippen LogP contribution in [-0.2, 0) is 0 Å². The molecule has 1 aliphatic heterocycles. The molecular formula is C20H28N6O. The van der Waals surface area contributed by atoms with Crippen LogP contribution in [0.5, 0.6) is 0 Å². The van der Waals surface area contributed by atoms with Crippen LogP contribution in [0.15, 0.2) is 36.7 Å². The molecule has 144 valence electrons. The van der Waals surface area contributed by atoms with Crippen LogP contribution in [0.25, 0.3) is 0 Å². The molecule has 2 heterocycles. The van der Waals surface area contributed by atoms with Gasteiger partial charge in [-0.3, -0.25) is 4.79 Å². The van der Waals surface area contributed by atoms with Gasteiger partial charge in [0.05, 0.1) is 12.4 Å². The summed E-state index contributed by atoms with van der Waals surface area (Å²) in [5, 5.41) is 6.07. The van der Waals surface area contributed by atoms with Crippen LogP contribution in [0.4, 0.5) is 17.2 Å². The first-order valence-corrected chi connectivity index (χ1v) is 9.56. The fourth-order valence-corrected chi connectivity index (χ4v) is 2.95. The van der Waals surface area contributed by atoms with E-state index in [1.54, 1.807) is 6.20 Å². The molecule has 1 fully saturated rings. The molecule has 2 aromatic rings. The second-order valence-corrected chi connectivity index (χ2v) is 6.86. The Balaban J connectivity index is 1.55. The molecule has 7 nitrogen and oxygen atoms in total. The van der Waals surface area contributed by atoms with Crippen molar-refractivity contribution in [1.29, 1.82) is 0 Å². The van der Waals surface area contributed by atoms with Gasteiger partial charge < -0.3 is 20.4 Å². The van der Waals surface area contributed by atoms with Crippen LogP contribution in [-0.4, -0.2) is 60.5 Å². The molecule has 7 heteroatoms. The van der Waals surface area contributed by atoms with E-state index in [9.17, 15) is 4.79 Å². The van der Waals surface area contributed by atoms with E-state index < -0.39 is 0 Å². The monoisotopic (exact) mass is 368 g/mol. The second-order valence-electron chi connectivity index (χ2n) is 6.86. The zero-order valence-electron chi connectivity index (χ0n) is 16.1. The lowest BCUT2D eigenvalue weighted by Gasteiger charge is -2.34. The van der Waals surface area contributed by atoms with Crippen molar-refractivity contribution in [1.82, 2.24) is 20.2 Å². The van der Waals surface area contributed by atoms with E-state index in [-0.39, 0.29) is 5.91 Å². The highest BCUT2D eigenvalue weighted by atomic mass is 16.1. The van der Waals surface area contributed by atoms with E-state index in [0.717, 1.165) is 44.7 Å². The average Bonchev–Trinajstić information content (AvgIpc) is 2.70. The number of carbonyl (C=O) groups is 1. The zero-order chi connectivity index (χ0) is 19.1. The molecule has 0 aliphatic carbocycles. The minimum atomic E-state index is -0.181. The Kier molecular flexibility index (Phi) is 6.59. The first-order valence-electron chi connectivity index (χ1n) is 9.56. The van der Waals surface area contributed by atoms with Crippen molar-refractivity contribution in [3.8, 4) is 0 Å². The van der Waals surface area contributed by atoms with E-state index >= 15 is 0 Å². The fraction of sp³-hybridized carbons (Fsp3) is 0.450. The summed E-state index contributed by atoms with van der Waals surface area (Å²) >= 11 is 0. The highest BCUT2D eigenvalue weighted by molar-refractivity contribution is 5.92. The Bertz CT molecular complexity index is 723. The second kappa shape index (κ2) is 9.32. The lowest BCUT2D eigenvalue weighted by atomic mass is 10.2. The molecule has 0 unspecified atom stereocenters. The maximum Gasteiger partial charge on any atom is 0.271 e. The SMILES string of the molecule is CCCCNC(=O)c1cnc(Nc2ccc(N3CCN(C)CC3)cc2)cn1. The first kappa shape index (κ1) is 19.1. The minimum Gasteiger partial charge on any atom is -0.369 e. The Labute approximate surface area is 160 Å². The van der Waals surface area contributed by atoms with Crippen molar-refractivity contribution in [2.75, 3.05) is 50.0 Å². The summed E-state index contributed by atoms with van der Waals surface area (Å²) < 4.78 is 0. The van der Waals surface area contributed by atoms with Gasteiger partial charge in [0.2, 0.25) is 0 Å². The summed E-state index contributed by atoms with van der Waals surface area (Å²) in [7, 11) is 2.16. The van der Waals surface area contributed by atoms with E-state index in [4.69, 9.17) is 0 Å². The van der Waals surface area contributed by atoms with Gasteiger partial charge in [-0.25, -0.2) is 9.97 Å². The predicted octanol–water partition coefficient (Wildman–Crippen LogP) is 2.50. The lowest BCUT2D eigenvalue weighted by molar-refractivity contribution is 0.0948. The van der Waals surface area contributed by atoms with Crippen molar-refractivity contribution >= 4 is 23.1 Å². The summed E-state index contributed by atoms with van der Waals surface area (Å²) in [4.78, 5) is 25.2. The number of aromatic nitrogens is 2. The molecule has 1 aromatic heterocycles. The Morgan fingerprint density at radius 3 is 2.44 bits per heavy atom. The Morgan fingerprint density at radius 2 is 1.81 bits per heavy atom. The van der Waals surface area contributed by atoms with Gasteiger partial charge in [-0.2, -0.15) is 0 Å². The van der Waals surface area contributed by atoms with Gasteiger partial charge in [0.25, 0.3) is 5.91 Å². The normalized spacial score (nSPS) is 14.8. The number of unbranched alkanes of at least 4 members (excludes halogenated alkanes) is 1. The number of piperazine rings is 1. The molecule has 1 aliphatic rings. The quantitative estimate of drug-likeness (QED) is 0.732. The predicted molar refractivity (Wildman–Crippen MR) is 109 cm³/mol. The molecule has 2 N–H and O–H groups in total. The highest BCUT2D eigenvalue weighted by Gasteiger charge is 2.14. The average molecular weight is 368 g/mol. The third-order valence-corrected chi connectivity index (χ3v) is 4.71. The van der Waals surface area contributed by atoms with Gasteiger partial charge in [-0.15, -0.1) is 0 Å². The van der Waals surface area contributed by atoms with Crippen LogP contribution in [0.2, 0.25) is 0 Å². The molecule has 1 saturated heterocycles. The number of hydrogen-bond acceptors (Lipinski definition) is 6. The molecule has 3 rings (SSSR count). The van der Waals surface area contributed by atoms with E-state index in [1.807, 2.05) is 12.1 Å². The van der Waals surface area contributed by atoms with E-state index in [1.165, 1.54) is 11.9 Å². The Morgan fingerprint density at radius 1 is 1.07 bits per heavy atom. The number of carbonyl (C=O) groups excluding carboxylic acids is 1. The van der Waals surface area contributed by atoms with Crippen molar-refractivity contribution in [3.63, 3.8) is 0 Å². The molecule has 27 heavy (non-hydrogen) atoms. The van der Waals surface area contributed by atoms with Crippen LogP contribution in [0, 0.1) is 0 Å². The third kappa shape index (κ3) is 5.40. The number of nitrogens with zero attached hydrogens (tertiary/aromatic N) is 4. The number of likely N-dealkylation sites (N-methyl/N-ethyl adjacent to an activating group) is 1. The lowest BCUT2D eigenvalue weighted by Crippen LogP contribution is -2.44. The molecule has 0 saturated carbocycles. The fourth-order valence-electron chi connectivity index (χ4n) is 2.95. The molecular weight excluding hydrogens is 340 g/mol.